The van der Waals surface area contributed by atoms with E-state index in [1.165, 1.54) is 17.3 Å². The van der Waals surface area contributed by atoms with Crippen LogP contribution in [0.5, 0.6) is 0 Å². The van der Waals surface area contributed by atoms with E-state index < -0.39 is 23.8 Å². The quantitative estimate of drug-likeness (QED) is 0.701. The lowest BCUT2D eigenvalue weighted by molar-refractivity contribution is -0.142. The number of rotatable bonds is 6. The number of benzene rings is 2. The van der Waals surface area contributed by atoms with Gasteiger partial charge in [0.15, 0.2) is 5.54 Å². The van der Waals surface area contributed by atoms with Crippen LogP contribution in [0.1, 0.15) is 23.1 Å². The number of aryl methyl sites for hydroxylation is 2. The zero-order valence-corrected chi connectivity index (χ0v) is 15.1. The molecule has 0 saturated carbocycles. The van der Waals surface area contributed by atoms with Gasteiger partial charge in [-0.15, -0.1) is 0 Å². The fourth-order valence-corrected chi connectivity index (χ4v) is 3.22. The number of nitrogens with one attached hydrogen (secondary N) is 1. The Morgan fingerprint density at radius 2 is 1.78 bits per heavy atom. The third kappa shape index (κ3) is 3.72. The normalized spacial score (nSPS) is 13.0. The first-order valence-corrected chi connectivity index (χ1v) is 8.44. The smallest absolute Gasteiger partial charge is 0.306 e. The number of carboxylic acid groups (broad SMARTS) is 1. The van der Waals surface area contributed by atoms with Gasteiger partial charge in [0, 0.05) is 5.69 Å². The Balaban J connectivity index is 2.20. The van der Waals surface area contributed by atoms with Crippen molar-refractivity contribution in [3.63, 3.8) is 0 Å². The van der Waals surface area contributed by atoms with Crippen LogP contribution >= 0.6 is 0 Å². The van der Waals surface area contributed by atoms with E-state index in [0.717, 1.165) is 11.1 Å². The molecule has 7 heteroatoms. The van der Waals surface area contributed by atoms with Crippen LogP contribution in [-0.2, 0) is 15.1 Å². The van der Waals surface area contributed by atoms with Crippen LogP contribution < -0.4 is 5.32 Å². The van der Waals surface area contributed by atoms with Crippen LogP contribution in [0.15, 0.2) is 61.2 Å². The van der Waals surface area contributed by atoms with Crippen LogP contribution in [0.4, 0.5) is 5.69 Å². The fraction of sp³-hybridized carbons (Fsp3) is 0.200. The van der Waals surface area contributed by atoms with Crippen molar-refractivity contribution >= 4 is 17.6 Å². The molecule has 1 unspecified atom stereocenters. The van der Waals surface area contributed by atoms with E-state index in [4.69, 9.17) is 0 Å². The van der Waals surface area contributed by atoms with E-state index >= 15 is 0 Å². The molecule has 1 heterocycles. The molecule has 0 saturated heterocycles. The maximum Gasteiger partial charge on any atom is 0.306 e. The van der Waals surface area contributed by atoms with Gasteiger partial charge in [-0.2, -0.15) is 5.10 Å². The summed E-state index contributed by atoms with van der Waals surface area (Å²) in [5, 5.41) is 16.6. The number of amides is 1. The standard InChI is InChI=1S/C20H20N4O3/c1-14-8-15(2)10-16(9-14)20(11-18(25)26,24-13-21-12-22-24)19(27)23-17-6-4-3-5-7-17/h3-10,12-13H,11H2,1-2H3,(H,23,27)(H,25,26). The molecule has 7 nitrogen and oxygen atoms in total. The largest absolute Gasteiger partial charge is 0.481 e. The van der Waals surface area contributed by atoms with Gasteiger partial charge in [-0.3, -0.25) is 9.59 Å². The van der Waals surface area contributed by atoms with Crippen molar-refractivity contribution in [2.24, 2.45) is 0 Å². The molecule has 0 fully saturated rings. The zero-order chi connectivity index (χ0) is 19.4. The molecule has 3 rings (SSSR count). The summed E-state index contributed by atoms with van der Waals surface area (Å²) in [6.45, 7) is 3.80. The Hall–Kier alpha value is -3.48. The number of carbonyl (C=O) groups excluding carboxylic acids is 1. The van der Waals surface area contributed by atoms with Crippen molar-refractivity contribution in [3.05, 3.63) is 77.9 Å². The lowest BCUT2D eigenvalue weighted by Gasteiger charge is -2.32. The second kappa shape index (κ2) is 7.41. The molecule has 1 amide bonds. The average molecular weight is 364 g/mol. The molecule has 0 aliphatic heterocycles. The molecule has 0 aliphatic rings. The third-order valence-corrected chi connectivity index (χ3v) is 4.32. The molecule has 138 valence electrons. The van der Waals surface area contributed by atoms with E-state index in [1.54, 1.807) is 24.3 Å². The Morgan fingerprint density at radius 3 is 2.33 bits per heavy atom. The highest BCUT2D eigenvalue weighted by molar-refractivity contribution is 6.01. The van der Waals surface area contributed by atoms with E-state index in [9.17, 15) is 14.7 Å². The van der Waals surface area contributed by atoms with Gasteiger partial charge in [0.1, 0.15) is 12.7 Å². The minimum absolute atomic E-state index is 0.474. The summed E-state index contributed by atoms with van der Waals surface area (Å²) in [4.78, 5) is 29.1. The van der Waals surface area contributed by atoms with Gasteiger partial charge in [-0.25, -0.2) is 9.67 Å². The number of para-hydroxylation sites is 1. The van der Waals surface area contributed by atoms with Gasteiger partial charge < -0.3 is 10.4 Å². The summed E-state index contributed by atoms with van der Waals surface area (Å²) < 4.78 is 1.31. The summed E-state index contributed by atoms with van der Waals surface area (Å²) >= 11 is 0. The number of nitrogens with zero attached hydrogens (tertiary/aromatic N) is 3. The van der Waals surface area contributed by atoms with Crippen molar-refractivity contribution in [2.45, 2.75) is 25.8 Å². The lowest BCUT2D eigenvalue weighted by Crippen LogP contribution is -2.48. The molecule has 2 aromatic carbocycles. The molecule has 27 heavy (non-hydrogen) atoms. The molecule has 3 aromatic rings. The van der Waals surface area contributed by atoms with Crippen LogP contribution in [0.3, 0.4) is 0 Å². The predicted octanol–water partition coefficient (Wildman–Crippen LogP) is 2.75. The topological polar surface area (TPSA) is 97.1 Å². The second-order valence-electron chi connectivity index (χ2n) is 6.47. The van der Waals surface area contributed by atoms with E-state index in [0.29, 0.717) is 11.3 Å². The molecule has 0 radical (unpaired) electrons. The highest BCUT2D eigenvalue weighted by atomic mass is 16.4. The van der Waals surface area contributed by atoms with Gasteiger partial charge in [-0.1, -0.05) is 47.5 Å². The molecule has 1 atom stereocenters. The number of carbonyl (C=O) groups is 2. The highest BCUT2D eigenvalue weighted by Crippen LogP contribution is 2.32. The molecule has 1 aromatic heterocycles. The van der Waals surface area contributed by atoms with Crippen molar-refractivity contribution < 1.29 is 14.7 Å². The third-order valence-electron chi connectivity index (χ3n) is 4.32. The Bertz CT molecular complexity index is 934. The summed E-state index contributed by atoms with van der Waals surface area (Å²) in [6, 6.07) is 14.5. The van der Waals surface area contributed by atoms with Crippen molar-refractivity contribution in [2.75, 3.05) is 5.32 Å². The number of hydrogen-bond donors (Lipinski definition) is 2. The van der Waals surface area contributed by atoms with Crippen LogP contribution in [0.2, 0.25) is 0 Å². The summed E-state index contributed by atoms with van der Waals surface area (Å²) in [6.07, 6.45) is 2.18. The van der Waals surface area contributed by atoms with E-state index in [-0.39, 0.29) is 0 Å². The van der Waals surface area contributed by atoms with Crippen molar-refractivity contribution in [1.82, 2.24) is 14.8 Å². The van der Waals surface area contributed by atoms with Crippen molar-refractivity contribution in [1.29, 1.82) is 0 Å². The number of carboxylic acids is 1. The number of aliphatic carboxylic acids is 1. The summed E-state index contributed by atoms with van der Waals surface area (Å²) in [5.41, 5.74) is 1.39. The molecule has 0 spiro atoms. The first-order chi connectivity index (χ1) is 12.9. The zero-order valence-electron chi connectivity index (χ0n) is 15.1. The van der Waals surface area contributed by atoms with Gasteiger partial charge in [0.2, 0.25) is 0 Å². The van der Waals surface area contributed by atoms with Crippen LogP contribution in [0, 0.1) is 13.8 Å². The minimum Gasteiger partial charge on any atom is -0.481 e. The Kier molecular flexibility index (Phi) is 5.03. The Labute approximate surface area is 156 Å². The van der Waals surface area contributed by atoms with E-state index in [2.05, 4.69) is 15.4 Å². The summed E-state index contributed by atoms with van der Waals surface area (Å²) in [5.74, 6) is -1.61. The van der Waals surface area contributed by atoms with Gasteiger partial charge in [-0.05, 0) is 31.5 Å². The van der Waals surface area contributed by atoms with Gasteiger partial charge >= 0.3 is 5.97 Å². The monoisotopic (exact) mass is 364 g/mol. The van der Waals surface area contributed by atoms with Crippen LogP contribution in [0.25, 0.3) is 0 Å². The molecular formula is C20H20N4O3. The first-order valence-electron chi connectivity index (χ1n) is 8.44. The molecule has 0 aliphatic carbocycles. The predicted molar refractivity (Wildman–Crippen MR) is 100 cm³/mol. The van der Waals surface area contributed by atoms with Crippen molar-refractivity contribution in [3.8, 4) is 0 Å². The number of aromatic nitrogens is 3. The number of anilines is 1. The maximum absolute atomic E-state index is 13.4. The molecule has 2 N–H and O–H groups in total. The SMILES string of the molecule is Cc1cc(C)cc(C(CC(=O)O)(C(=O)Nc2ccccc2)n2cncn2)c1. The fourth-order valence-electron chi connectivity index (χ4n) is 3.22. The second-order valence-corrected chi connectivity index (χ2v) is 6.47. The Morgan fingerprint density at radius 1 is 1.11 bits per heavy atom. The lowest BCUT2D eigenvalue weighted by atomic mass is 9.83. The van der Waals surface area contributed by atoms with Gasteiger partial charge in [0.25, 0.3) is 5.91 Å². The number of hydrogen-bond acceptors (Lipinski definition) is 4. The molecular weight excluding hydrogens is 344 g/mol. The molecule has 0 bridgehead atoms. The van der Waals surface area contributed by atoms with Crippen LogP contribution in [-0.4, -0.2) is 31.7 Å². The van der Waals surface area contributed by atoms with E-state index in [1.807, 2.05) is 38.1 Å². The minimum atomic E-state index is -1.57. The maximum atomic E-state index is 13.4. The average Bonchev–Trinajstić information content (AvgIpc) is 3.14. The first kappa shape index (κ1) is 18.3. The van der Waals surface area contributed by atoms with Gasteiger partial charge in [0.05, 0.1) is 6.42 Å². The highest BCUT2D eigenvalue weighted by Gasteiger charge is 2.45. The summed E-state index contributed by atoms with van der Waals surface area (Å²) in [7, 11) is 0.